The van der Waals surface area contributed by atoms with Crippen LogP contribution in [-0.2, 0) is 14.3 Å². The number of carbonyl (C=O) groups is 3. The van der Waals surface area contributed by atoms with Gasteiger partial charge in [-0.05, 0) is 33.6 Å². The fraction of sp³-hybridized carbons (Fsp3) is 0.769. The van der Waals surface area contributed by atoms with E-state index in [1.54, 1.807) is 34.6 Å². The molecule has 0 aliphatic carbocycles. The third kappa shape index (κ3) is 6.96. The average molecular weight is 287 g/mol. The Balaban J connectivity index is 4.74. The van der Waals surface area contributed by atoms with E-state index in [2.05, 4.69) is 10.6 Å². The Hall–Kier alpha value is -1.79. The molecule has 0 aromatic heterocycles. The molecule has 0 aromatic carbocycles. The van der Waals surface area contributed by atoms with Crippen LogP contribution < -0.4 is 16.4 Å². The first-order valence-corrected chi connectivity index (χ1v) is 6.53. The molecule has 4 N–H and O–H groups in total. The van der Waals surface area contributed by atoms with Crippen molar-refractivity contribution in [3.63, 3.8) is 0 Å². The summed E-state index contributed by atoms with van der Waals surface area (Å²) in [7, 11) is 0. The summed E-state index contributed by atoms with van der Waals surface area (Å²) in [6.07, 6.45) is 0. The molecule has 0 bridgehead atoms. The number of rotatable bonds is 5. The number of nitrogens with one attached hydrogen (secondary N) is 2. The first-order valence-electron chi connectivity index (χ1n) is 6.53. The van der Waals surface area contributed by atoms with Crippen molar-refractivity contribution in [3.05, 3.63) is 0 Å². The second-order valence-corrected chi connectivity index (χ2v) is 5.99. The van der Waals surface area contributed by atoms with Crippen molar-refractivity contribution in [3.8, 4) is 0 Å². The Kier molecular flexibility index (Phi) is 6.48. The van der Waals surface area contributed by atoms with E-state index in [1.165, 1.54) is 6.92 Å². The standard InChI is InChI=1S/C13H25N3O4/c1-7(2)9(11(18)20-13(4,5)6)16-10(17)8(3)15-12(14)19/h7-9H,1-6H3,(H,16,17)(H3,14,15,19)/t8?,9-/m1/s1. The highest BCUT2D eigenvalue weighted by atomic mass is 16.6. The highest BCUT2D eigenvalue weighted by Gasteiger charge is 2.30. The van der Waals surface area contributed by atoms with Crippen molar-refractivity contribution in [1.82, 2.24) is 10.6 Å². The van der Waals surface area contributed by atoms with Gasteiger partial charge in [0, 0.05) is 0 Å². The lowest BCUT2D eigenvalue weighted by molar-refractivity contribution is -0.160. The molecule has 0 fully saturated rings. The Morgan fingerprint density at radius 3 is 1.90 bits per heavy atom. The van der Waals surface area contributed by atoms with E-state index >= 15 is 0 Å². The molecular weight excluding hydrogens is 262 g/mol. The van der Waals surface area contributed by atoms with Crippen molar-refractivity contribution in [2.45, 2.75) is 59.2 Å². The summed E-state index contributed by atoms with van der Waals surface area (Å²) in [5, 5.41) is 4.81. The third-order valence-corrected chi connectivity index (χ3v) is 2.38. The number of hydrogen-bond donors (Lipinski definition) is 3. The lowest BCUT2D eigenvalue weighted by Crippen LogP contribution is -2.53. The highest BCUT2D eigenvalue weighted by Crippen LogP contribution is 2.12. The normalized spacial score (nSPS) is 14.3. The predicted molar refractivity (Wildman–Crippen MR) is 74.8 cm³/mol. The molecule has 0 radical (unpaired) electrons. The molecular formula is C13H25N3O4. The Labute approximate surface area is 119 Å². The molecule has 7 heteroatoms. The summed E-state index contributed by atoms with van der Waals surface area (Å²) < 4.78 is 5.26. The van der Waals surface area contributed by atoms with E-state index in [4.69, 9.17) is 10.5 Å². The van der Waals surface area contributed by atoms with Gasteiger partial charge in [-0.25, -0.2) is 9.59 Å². The van der Waals surface area contributed by atoms with E-state index < -0.39 is 35.6 Å². The number of hydrogen-bond acceptors (Lipinski definition) is 4. The fourth-order valence-corrected chi connectivity index (χ4v) is 1.42. The van der Waals surface area contributed by atoms with Crippen LogP contribution in [0.1, 0.15) is 41.5 Å². The number of carbonyl (C=O) groups excluding carboxylic acids is 3. The van der Waals surface area contributed by atoms with Crippen molar-refractivity contribution in [2.24, 2.45) is 11.7 Å². The molecule has 1 unspecified atom stereocenters. The summed E-state index contributed by atoms with van der Waals surface area (Å²) in [5.74, 6) is -1.14. The van der Waals surface area contributed by atoms with Gasteiger partial charge in [0.2, 0.25) is 5.91 Å². The molecule has 0 aliphatic heterocycles. The number of ether oxygens (including phenoxy) is 1. The van der Waals surface area contributed by atoms with Gasteiger partial charge in [0.1, 0.15) is 17.7 Å². The zero-order valence-corrected chi connectivity index (χ0v) is 12.9. The monoisotopic (exact) mass is 287 g/mol. The molecule has 3 amide bonds. The summed E-state index contributed by atoms with van der Waals surface area (Å²) in [5.41, 5.74) is 4.31. The minimum Gasteiger partial charge on any atom is -0.458 e. The number of primary amides is 1. The smallest absolute Gasteiger partial charge is 0.329 e. The molecule has 0 aromatic rings. The van der Waals surface area contributed by atoms with Crippen LogP contribution in [0.15, 0.2) is 0 Å². The maximum absolute atomic E-state index is 12.0. The minimum absolute atomic E-state index is 0.144. The molecule has 0 heterocycles. The van der Waals surface area contributed by atoms with Crippen molar-refractivity contribution in [1.29, 1.82) is 0 Å². The lowest BCUT2D eigenvalue weighted by Gasteiger charge is -2.27. The van der Waals surface area contributed by atoms with Gasteiger partial charge in [-0.2, -0.15) is 0 Å². The van der Waals surface area contributed by atoms with Crippen LogP contribution in [-0.4, -0.2) is 35.6 Å². The van der Waals surface area contributed by atoms with Crippen LogP contribution >= 0.6 is 0 Å². The molecule has 0 rings (SSSR count). The molecule has 0 saturated heterocycles. The lowest BCUT2D eigenvalue weighted by atomic mass is 10.0. The molecule has 0 saturated carbocycles. The molecule has 7 nitrogen and oxygen atoms in total. The zero-order valence-electron chi connectivity index (χ0n) is 12.9. The van der Waals surface area contributed by atoms with Gasteiger partial charge < -0.3 is 21.1 Å². The Morgan fingerprint density at radius 2 is 1.55 bits per heavy atom. The van der Waals surface area contributed by atoms with E-state index in [9.17, 15) is 14.4 Å². The zero-order chi connectivity index (χ0) is 16.1. The van der Waals surface area contributed by atoms with Gasteiger partial charge in [0.25, 0.3) is 0 Å². The quantitative estimate of drug-likeness (QED) is 0.640. The second kappa shape index (κ2) is 7.12. The van der Waals surface area contributed by atoms with E-state index in [1.807, 2.05) is 0 Å². The average Bonchev–Trinajstić information content (AvgIpc) is 2.21. The second-order valence-electron chi connectivity index (χ2n) is 5.99. The highest BCUT2D eigenvalue weighted by molar-refractivity contribution is 5.90. The van der Waals surface area contributed by atoms with Gasteiger partial charge in [-0.3, -0.25) is 4.79 Å². The van der Waals surface area contributed by atoms with Gasteiger partial charge in [-0.15, -0.1) is 0 Å². The molecule has 0 spiro atoms. The van der Waals surface area contributed by atoms with Gasteiger partial charge in [0.15, 0.2) is 0 Å². The van der Waals surface area contributed by atoms with E-state index in [0.717, 1.165) is 0 Å². The van der Waals surface area contributed by atoms with E-state index in [-0.39, 0.29) is 5.92 Å². The van der Waals surface area contributed by atoms with E-state index in [0.29, 0.717) is 0 Å². The van der Waals surface area contributed by atoms with Crippen LogP contribution in [0, 0.1) is 5.92 Å². The summed E-state index contributed by atoms with van der Waals surface area (Å²) in [4.78, 5) is 34.6. The van der Waals surface area contributed by atoms with Crippen LogP contribution in [0.25, 0.3) is 0 Å². The maximum Gasteiger partial charge on any atom is 0.329 e. The predicted octanol–water partition coefficient (Wildman–Crippen LogP) is 0.526. The van der Waals surface area contributed by atoms with Gasteiger partial charge in [0.05, 0.1) is 0 Å². The van der Waals surface area contributed by atoms with Crippen LogP contribution in [0.4, 0.5) is 4.79 Å². The van der Waals surface area contributed by atoms with Gasteiger partial charge >= 0.3 is 12.0 Å². The molecule has 2 atom stereocenters. The summed E-state index contributed by atoms with van der Waals surface area (Å²) in [6, 6.07) is -2.40. The van der Waals surface area contributed by atoms with Crippen molar-refractivity contribution < 1.29 is 19.1 Å². The minimum atomic E-state index is -0.823. The van der Waals surface area contributed by atoms with Crippen molar-refractivity contribution >= 4 is 17.9 Å². The number of amides is 3. The van der Waals surface area contributed by atoms with Gasteiger partial charge in [-0.1, -0.05) is 13.8 Å². The number of esters is 1. The number of nitrogens with two attached hydrogens (primary N) is 1. The molecule has 20 heavy (non-hydrogen) atoms. The molecule has 116 valence electrons. The van der Waals surface area contributed by atoms with Crippen molar-refractivity contribution in [2.75, 3.05) is 0 Å². The van der Waals surface area contributed by atoms with Crippen LogP contribution in [0.2, 0.25) is 0 Å². The van der Waals surface area contributed by atoms with Crippen LogP contribution in [0.3, 0.4) is 0 Å². The number of urea groups is 1. The first kappa shape index (κ1) is 18.2. The summed E-state index contributed by atoms with van der Waals surface area (Å²) in [6.45, 7) is 10.3. The molecule has 0 aliphatic rings. The Morgan fingerprint density at radius 1 is 1.05 bits per heavy atom. The first-order chi connectivity index (χ1) is 8.94. The maximum atomic E-state index is 12.0. The third-order valence-electron chi connectivity index (χ3n) is 2.38. The van der Waals surface area contributed by atoms with Crippen LogP contribution in [0.5, 0.6) is 0 Å². The Bertz CT molecular complexity index is 374. The SMILES string of the molecule is CC(NC(N)=O)C(=O)N[C@@H](C(=O)OC(C)(C)C)C(C)C. The largest absolute Gasteiger partial charge is 0.458 e. The fourth-order valence-electron chi connectivity index (χ4n) is 1.42. The topological polar surface area (TPSA) is 111 Å². The summed E-state index contributed by atoms with van der Waals surface area (Å²) >= 11 is 0.